The van der Waals surface area contributed by atoms with Crippen LogP contribution in [0.25, 0.3) is 0 Å². The second-order valence-corrected chi connectivity index (χ2v) is 12.6. The first-order valence-electron chi connectivity index (χ1n) is 13.5. The Morgan fingerprint density at radius 1 is 1.11 bits per heavy atom. The van der Waals surface area contributed by atoms with Crippen molar-refractivity contribution >= 4 is 40.1 Å². The van der Waals surface area contributed by atoms with E-state index in [4.69, 9.17) is 0 Å². The number of carbonyl (C=O) groups is 4. The number of rotatable bonds is 10. The van der Waals surface area contributed by atoms with Crippen molar-refractivity contribution in [3.05, 3.63) is 34.3 Å². The predicted molar refractivity (Wildman–Crippen MR) is 147 cm³/mol. The van der Waals surface area contributed by atoms with Crippen LogP contribution >= 0.6 is 15.9 Å². The fourth-order valence-corrected chi connectivity index (χ4v) is 5.65. The summed E-state index contributed by atoms with van der Waals surface area (Å²) in [4.78, 5) is 52.4. The first-order chi connectivity index (χ1) is 18.0. The number of benzene rings is 1. The third kappa shape index (κ3) is 8.53. The third-order valence-corrected chi connectivity index (χ3v) is 8.17. The molecule has 210 valence electrons. The second-order valence-electron chi connectivity index (χ2n) is 11.7. The van der Waals surface area contributed by atoms with Crippen LogP contribution in [0, 0.1) is 17.3 Å². The van der Waals surface area contributed by atoms with Gasteiger partial charge in [-0.05, 0) is 54.9 Å². The Hall–Kier alpha value is -2.46. The lowest BCUT2D eigenvalue weighted by atomic mass is 9.84. The first kappa shape index (κ1) is 30.1. The molecule has 3 rings (SSSR count). The maximum atomic E-state index is 13.6. The van der Waals surface area contributed by atoms with Crippen molar-refractivity contribution in [2.45, 2.75) is 77.8 Å². The van der Waals surface area contributed by atoms with Crippen LogP contribution in [-0.2, 0) is 14.4 Å². The molecule has 1 aromatic rings. The van der Waals surface area contributed by atoms with E-state index in [1.807, 2.05) is 32.9 Å². The van der Waals surface area contributed by atoms with Crippen LogP contribution in [0.5, 0.6) is 0 Å². The zero-order valence-electron chi connectivity index (χ0n) is 22.6. The van der Waals surface area contributed by atoms with Crippen LogP contribution in [0.1, 0.15) is 76.1 Å². The summed E-state index contributed by atoms with van der Waals surface area (Å²) in [6.07, 6.45) is 6.45. The third-order valence-electron chi connectivity index (χ3n) is 7.64. The van der Waals surface area contributed by atoms with E-state index >= 15 is 0 Å². The quantitative estimate of drug-likeness (QED) is 0.217. The van der Waals surface area contributed by atoms with Gasteiger partial charge in [0.1, 0.15) is 6.04 Å². The Balaban J connectivity index is 1.60. The van der Waals surface area contributed by atoms with Gasteiger partial charge in [0.25, 0.3) is 5.91 Å². The summed E-state index contributed by atoms with van der Waals surface area (Å²) in [7, 11) is 0. The highest BCUT2D eigenvalue weighted by Crippen LogP contribution is 2.31. The van der Waals surface area contributed by atoms with Crippen LogP contribution in [0.3, 0.4) is 0 Å². The molecule has 0 radical (unpaired) electrons. The Bertz CT molecular complexity index is 966. The summed E-state index contributed by atoms with van der Waals surface area (Å²) in [5.74, 6) is -0.822. The summed E-state index contributed by atoms with van der Waals surface area (Å²) in [5, 5.41) is 16.4. The number of nitrogens with zero attached hydrogens (tertiary/aromatic N) is 2. The number of hydrogen-bond acceptors (Lipinski definition) is 5. The van der Waals surface area contributed by atoms with Gasteiger partial charge < -0.3 is 15.5 Å². The second kappa shape index (κ2) is 13.6. The van der Waals surface area contributed by atoms with Gasteiger partial charge in [-0.25, -0.2) is 5.06 Å². The minimum absolute atomic E-state index is 0.0347. The SMILES string of the molecule is CC(C)(C)[C@H](NC(=O)[C@H](CC1CCCC1)CN(O)C=O)C(=O)N1CCC(NC(=O)c2ccc(Br)cc2)CC1. The zero-order chi connectivity index (χ0) is 27.9. The van der Waals surface area contributed by atoms with Gasteiger partial charge >= 0.3 is 0 Å². The summed E-state index contributed by atoms with van der Waals surface area (Å²) >= 11 is 3.37. The largest absolute Gasteiger partial charge is 0.349 e. The average molecular weight is 594 g/mol. The van der Waals surface area contributed by atoms with Crippen molar-refractivity contribution in [3.8, 4) is 0 Å². The van der Waals surface area contributed by atoms with E-state index in [9.17, 15) is 24.4 Å². The molecule has 1 aromatic carbocycles. The van der Waals surface area contributed by atoms with E-state index < -0.39 is 17.4 Å². The average Bonchev–Trinajstić information content (AvgIpc) is 3.39. The molecule has 10 heteroatoms. The molecule has 2 atom stereocenters. The van der Waals surface area contributed by atoms with E-state index in [2.05, 4.69) is 26.6 Å². The highest BCUT2D eigenvalue weighted by atomic mass is 79.9. The van der Waals surface area contributed by atoms with Gasteiger partial charge in [-0.15, -0.1) is 0 Å². The number of amides is 4. The Morgan fingerprint density at radius 3 is 2.26 bits per heavy atom. The molecule has 0 bridgehead atoms. The highest BCUT2D eigenvalue weighted by molar-refractivity contribution is 9.10. The van der Waals surface area contributed by atoms with Gasteiger partial charge in [0.05, 0.1) is 12.5 Å². The maximum absolute atomic E-state index is 13.6. The van der Waals surface area contributed by atoms with Crippen molar-refractivity contribution in [3.63, 3.8) is 0 Å². The molecule has 1 saturated carbocycles. The summed E-state index contributed by atoms with van der Waals surface area (Å²) < 4.78 is 0.906. The van der Waals surface area contributed by atoms with Gasteiger partial charge in [-0.1, -0.05) is 62.4 Å². The summed E-state index contributed by atoms with van der Waals surface area (Å²) in [6.45, 7) is 6.60. The molecule has 3 N–H and O–H groups in total. The number of piperidine rings is 1. The van der Waals surface area contributed by atoms with Crippen LogP contribution in [0.2, 0.25) is 0 Å². The van der Waals surface area contributed by atoms with Crippen molar-refractivity contribution in [1.82, 2.24) is 20.6 Å². The smallest absolute Gasteiger partial charge is 0.251 e. The number of carbonyl (C=O) groups excluding carboxylic acids is 4. The molecule has 1 aliphatic heterocycles. The molecule has 2 aliphatic rings. The lowest BCUT2D eigenvalue weighted by molar-refractivity contribution is -0.156. The Kier molecular flexibility index (Phi) is 10.7. The van der Waals surface area contributed by atoms with E-state index in [0.29, 0.717) is 55.3 Å². The number of halogens is 1. The topological polar surface area (TPSA) is 119 Å². The summed E-state index contributed by atoms with van der Waals surface area (Å²) in [6, 6.07) is 6.39. The molecular formula is C28H41BrN4O5. The standard InChI is InChI=1S/C28H41BrN4O5/c1-28(2,3)24(31-26(36)21(17-33(38)18-34)16-19-6-4-5-7-19)27(37)32-14-12-23(13-15-32)30-25(35)20-8-10-22(29)11-9-20/h8-11,18-19,21,23-24,38H,4-7,12-17H2,1-3H3,(H,30,35)(H,31,36)/t21-,24-/m1/s1. The van der Waals surface area contributed by atoms with E-state index in [-0.39, 0.29) is 30.3 Å². The molecule has 2 fully saturated rings. The van der Waals surface area contributed by atoms with E-state index in [0.717, 1.165) is 30.2 Å². The van der Waals surface area contributed by atoms with Gasteiger partial charge in [0, 0.05) is 29.2 Å². The lowest BCUT2D eigenvalue weighted by Gasteiger charge is -2.39. The molecular weight excluding hydrogens is 552 g/mol. The van der Waals surface area contributed by atoms with Crippen molar-refractivity contribution in [2.75, 3.05) is 19.6 Å². The summed E-state index contributed by atoms with van der Waals surface area (Å²) in [5.41, 5.74) is 0.0475. The maximum Gasteiger partial charge on any atom is 0.251 e. The zero-order valence-corrected chi connectivity index (χ0v) is 24.2. The normalized spacial score (nSPS) is 18.5. The van der Waals surface area contributed by atoms with Crippen molar-refractivity contribution < 1.29 is 24.4 Å². The van der Waals surface area contributed by atoms with Crippen molar-refractivity contribution in [1.29, 1.82) is 0 Å². The molecule has 0 aromatic heterocycles. The predicted octanol–water partition coefficient (Wildman–Crippen LogP) is 3.74. The van der Waals surface area contributed by atoms with Crippen LogP contribution in [0.15, 0.2) is 28.7 Å². The van der Waals surface area contributed by atoms with Crippen LogP contribution in [-0.4, -0.2) is 71.0 Å². The fraction of sp³-hybridized carbons (Fsp3) is 0.643. The Labute approximate surface area is 233 Å². The molecule has 0 unspecified atom stereocenters. The number of hydroxylamine groups is 2. The molecule has 1 saturated heterocycles. The Morgan fingerprint density at radius 2 is 1.71 bits per heavy atom. The fourth-order valence-electron chi connectivity index (χ4n) is 5.39. The highest BCUT2D eigenvalue weighted by Gasteiger charge is 2.39. The molecule has 9 nitrogen and oxygen atoms in total. The minimum Gasteiger partial charge on any atom is -0.349 e. The van der Waals surface area contributed by atoms with Crippen LogP contribution < -0.4 is 10.6 Å². The number of nitrogens with one attached hydrogen (secondary N) is 2. The molecule has 0 spiro atoms. The molecule has 38 heavy (non-hydrogen) atoms. The van der Waals surface area contributed by atoms with Gasteiger partial charge in [-0.3, -0.25) is 24.4 Å². The van der Waals surface area contributed by atoms with Crippen molar-refractivity contribution in [2.24, 2.45) is 17.3 Å². The number of hydrogen-bond donors (Lipinski definition) is 3. The number of likely N-dealkylation sites (tertiary alicyclic amines) is 1. The van der Waals surface area contributed by atoms with Gasteiger partial charge in [-0.2, -0.15) is 0 Å². The van der Waals surface area contributed by atoms with Gasteiger partial charge in [0.2, 0.25) is 18.2 Å². The molecule has 1 aliphatic carbocycles. The monoisotopic (exact) mass is 592 g/mol. The van der Waals surface area contributed by atoms with Gasteiger partial charge in [0.15, 0.2) is 0 Å². The first-order valence-corrected chi connectivity index (χ1v) is 14.3. The van der Waals surface area contributed by atoms with E-state index in [1.54, 1.807) is 17.0 Å². The van der Waals surface area contributed by atoms with E-state index in [1.165, 1.54) is 0 Å². The minimum atomic E-state index is -0.752. The lowest BCUT2D eigenvalue weighted by Crippen LogP contribution is -2.58. The van der Waals surface area contributed by atoms with Crippen LogP contribution in [0.4, 0.5) is 0 Å². The molecule has 1 heterocycles. The molecule has 4 amide bonds.